The van der Waals surface area contributed by atoms with Crippen LogP contribution in [0.1, 0.15) is 16.0 Å². The van der Waals surface area contributed by atoms with Crippen LogP contribution in [0.4, 0.5) is 0 Å². The number of esters is 1. The molecule has 4 rings (SSSR count). The summed E-state index contributed by atoms with van der Waals surface area (Å²) in [7, 11) is 1.59. The van der Waals surface area contributed by atoms with Gasteiger partial charge in [-0.1, -0.05) is 46.3 Å². The van der Waals surface area contributed by atoms with Crippen LogP contribution in [0.25, 0.3) is 6.08 Å². The number of thiophene rings is 1. The Hall–Kier alpha value is -2.90. The topological polar surface area (TPSA) is 57.1 Å². The monoisotopic (exact) mass is 469 g/mol. The summed E-state index contributed by atoms with van der Waals surface area (Å²) in [5, 5.41) is 1.91. The largest absolute Gasteiger partial charge is 0.493 e. The van der Waals surface area contributed by atoms with Gasteiger partial charge in [0.05, 0.1) is 12.0 Å². The summed E-state index contributed by atoms with van der Waals surface area (Å²) in [4.78, 5) is 17.3. The summed E-state index contributed by atoms with van der Waals surface area (Å²) in [6, 6.07) is 17.0. The summed E-state index contributed by atoms with van der Waals surface area (Å²) >= 11 is 4.99. The third-order valence-corrected chi connectivity index (χ3v) is 5.82. The molecule has 0 saturated carbocycles. The molecule has 3 aromatic rings. The Morgan fingerprint density at radius 3 is 2.76 bits per heavy atom. The van der Waals surface area contributed by atoms with Crippen LogP contribution >= 0.6 is 27.3 Å². The Labute approximate surface area is 180 Å². The van der Waals surface area contributed by atoms with Gasteiger partial charge in [-0.05, 0) is 41.3 Å². The molecular weight excluding hydrogens is 454 g/mol. The summed E-state index contributed by atoms with van der Waals surface area (Å²) in [6.45, 7) is 0.376. The lowest BCUT2D eigenvalue weighted by molar-refractivity contribution is -0.129. The second-order valence-electron chi connectivity index (χ2n) is 6.10. The number of rotatable bonds is 6. The van der Waals surface area contributed by atoms with Crippen molar-refractivity contribution in [3.05, 3.63) is 86.2 Å². The fraction of sp³-hybridized carbons (Fsp3) is 0.0909. The maximum atomic E-state index is 12.2. The number of benzene rings is 2. The van der Waals surface area contributed by atoms with E-state index in [1.165, 1.54) is 11.3 Å². The van der Waals surface area contributed by atoms with Crippen molar-refractivity contribution in [3.63, 3.8) is 0 Å². The zero-order valence-electron chi connectivity index (χ0n) is 15.4. The molecule has 29 heavy (non-hydrogen) atoms. The van der Waals surface area contributed by atoms with Gasteiger partial charge in [0, 0.05) is 10.0 Å². The van der Waals surface area contributed by atoms with Gasteiger partial charge in [0.15, 0.2) is 17.2 Å². The smallest absolute Gasteiger partial charge is 0.363 e. The van der Waals surface area contributed by atoms with Gasteiger partial charge >= 0.3 is 5.97 Å². The van der Waals surface area contributed by atoms with Crippen LogP contribution in [0, 0.1) is 0 Å². The molecule has 0 fully saturated rings. The van der Waals surface area contributed by atoms with Crippen molar-refractivity contribution in [2.75, 3.05) is 7.11 Å². The fourth-order valence-corrected chi connectivity index (χ4v) is 3.79. The molecular formula is C22H16BrNO4S. The number of halogens is 1. The Morgan fingerprint density at radius 2 is 2.00 bits per heavy atom. The second-order valence-corrected chi connectivity index (χ2v) is 7.91. The number of hydrogen-bond donors (Lipinski definition) is 0. The van der Waals surface area contributed by atoms with Crippen LogP contribution in [-0.4, -0.2) is 19.0 Å². The molecule has 146 valence electrons. The van der Waals surface area contributed by atoms with E-state index in [1.54, 1.807) is 19.3 Å². The zero-order chi connectivity index (χ0) is 20.2. The van der Waals surface area contributed by atoms with Gasteiger partial charge in [-0.25, -0.2) is 9.79 Å². The normalized spacial score (nSPS) is 14.6. The first kappa shape index (κ1) is 19.4. The number of cyclic esters (lactones) is 1. The van der Waals surface area contributed by atoms with E-state index in [9.17, 15) is 4.79 Å². The van der Waals surface area contributed by atoms with Crippen molar-refractivity contribution in [1.29, 1.82) is 0 Å². The third-order valence-electron chi connectivity index (χ3n) is 4.18. The Bertz CT molecular complexity index is 1110. The van der Waals surface area contributed by atoms with E-state index in [0.29, 0.717) is 24.0 Å². The van der Waals surface area contributed by atoms with E-state index in [2.05, 4.69) is 20.9 Å². The SMILES string of the molecule is COc1ccc(/C=C2\N=C(c3cccs3)OC2=O)cc1OCc1ccccc1Br. The number of methoxy groups -OCH3 is 1. The van der Waals surface area contributed by atoms with Crippen LogP contribution in [0.2, 0.25) is 0 Å². The number of ether oxygens (including phenoxy) is 3. The quantitative estimate of drug-likeness (QED) is 0.356. The first-order valence-corrected chi connectivity index (χ1v) is 10.4. The molecule has 0 atom stereocenters. The molecule has 0 saturated heterocycles. The first-order valence-electron chi connectivity index (χ1n) is 8.75. The third kappa shape index (κ3) is 4.41. The molecule has 2 heterocycles. The van der Waals surface area contributed by atoms with Gasteiger partial charge < -0.3 is 14.2 Å². The molecule has 5 nitrogen and oxygen atoms in total. The molecule has 0 aliphatic carbocycles. The average molecular weight is 470 g/mol. The van der Waals surface area contributed by atoms with E-state index in [-0.39, 0.29) is 5.70 Å². The highest BCUT2D eigenvalue weighted by molar-refractivity contribution is 9.10. The lowest BCUT2D eigenvalue weighted by atomic mass is 10.1. The summed E-state index contributed by atoms with van der Waals surface area (Å²) in [5.74, 6) is 1.04. The highest BCUT2D eigenvalue weighted by Crippen LogP contribution is 2.31. The molecule has 0 N–H and O–H groups in total. The van der Waals surface area contributed by atoms with E-state index >= 15 is 0 Å². The molecule has 0 radical (unpaired) electrons. The van der Waals surface area contributed by atoms with Crippen molar-refractivity contribution < 1.29 is 19.0 Å². The summed E-state index contributed by atoms with van der Waals surface area (Å²) in [6.07, 6.45) is 1.67. The molecule has 1 aromatic heterocycles. The lowest BCUT2D eigenvalue weighted by Crippen LogP contribution is -2.03. The molecule has 1 aliphatic heterocycles. The van der Waals surface area contributed by atoms with Crippen molar-refractivity contribution in [2.24, 2.45) is 4.99 Å². The highest BCUT2D eigenvalue weighted by atomic mass is 79.9. The Kier molecular flexibility index (Phi) is 5.78. The maximum Gasteiger partial charge on any atom is 0.363 e. The fourth-order valence-electron chi connectivity index (χ4n) is 2.74. The lowest BCUT2D eigenvalue weighted by Gasteiger charge is -2.12. The molecule has 0 bridgehead atoms. The number of aliphatic imine (C=N–C) groups is 1. The summed E-state index contributed by atoms with van der Waals surface area (Å²) < 4.78 is 17.6. The van der Waals surface area contributed by atoms with Crippen molar-refractivity contribution in [2.45, 2.75) is 6.61 Å². The molecule has 0 unspecified atom stereocenters. The average Bonchev–Trinajstić information content (AvgIpc) is 3.38. The minimum Gasteiger partial charge on any atom is -0.493 e. The predicted octanol–water partition coefficient (Wildman–Crippen LogP) is 5.44. The second kappa shape index (κ2) is 8.63. The molecule has 0 amide bonds. The van der Waals surface area contributed by atoms with Gasteiger partial charge in [-0.3, -0.25) is 0 Å². The molecule has 1 aliphatic rings. The molecule has 7 heteroatoms. The van der Waals surface area contributed by atoms with E-state index < -0.39 is 5.97 Å². The van der Waals surface area contributed by atoms with E-state index in [1.807, 2.05) is 53.9 Å². The maximum absolute atomic E-state index is 12.2. The van der Waals surface area contributed by atoms with Gasteiger partial charge in [0.25, 0.3) is 0 Å². The molecule has 0 spiro atoms. The Balaban J connectivity index is 1.58. The van der Waals surface area contributed by atoms with Crippen LogP contribution < -0.4 is 9.47 Å². The van der Waals surface area contributed by atoms with Gasteiger partial charge in [-0.15, -0.1) is 11.3 Å². The molecule has 2 aromatic carbocycles. The minimum atomic E-state index is -0.472. The highest BCUT2D eigenvalue weighted by Gasteiger charge is 2.24. The van der Waals surface area contributed by atoms with Gasteiger partial charge in [0.2, 0.25) is 5.90 Å². The first-order chi connectivity index (χ1) is 14.1. The van der Waals surface area contributed by atoms with E-state index in [4.69, 9.17) is 14.2 Å². The van der Waals surface area contributed by atoms with Crippen molar-refractivity contribution in [1.82, 2.24) is 0 Å². The van der Waals surface area contributed by atoms with Crippen LogP contribution in [0.5, 0.6) is 11.5 Å². The van der Waals surface area contributed by atoms with E-state index in [0.717, 1.165) is 20.5 Å². The number of carbonyl (C=O) groups is 1. The van der Waals surface area contributed by atoms with Gasteiger partial charge in [0.1, 0.15) is 6.61 Å². The van der Waals surface area contributed by atoms with Gasteiger partial charge in [-0.2, -0.15) is 0 Å². The van der Waals surface area contributed by atoms with Crippen LogP contribution in [-0.2, 0) is 16.1 Å². The Morgan fingerprint density at radius 1 is 1.14 bits per heavy atom. The predicted molar refractivity (Wildman–Crippen MR) is 116 cm³/mol. The van der Waals surface area contributed by atoms with Crippen LogP contribution in [0.15, 0.2) is 75.1 Å². The zero-order valence-corrected chi connectivity index (χ0v) is 17.8. The van der Waals surface area contributed by atoms with Crippen molar-refractivity contribution in [3.8, 4) is 11.5 Å². The number of carbonyl (C=O) groups excluding carboxylic acids is 1. The standard InChI is InChI=1S/C22H16BrNO4S/c1-26-18-9-8-14(12-19(18)27-13-15-5-2-3-6-16(15)23)11-17-22(25)28-21(24-17)20-7-4-10-29-20/h2-12H,13H2,1H3/b17-11-. The summed E-state index contributed by atoms with van der Waals surface area (Å²) in [5.41, 5.74) is 2.02. The number of hydrogen-bond acceptors (Lipinski definition) is 6. The number of nitrogens with zero attached hydrogens (tertiary/aromatic N) is 1. The minimum absolute atomic E-state index is 0.246. The van der Waals surface area contributed by atoms with Crippen LogP contribution in [0.3, 0.4) is 0 Å². The van der Waals surface area contributed by atoms with Crippen molar-refractivity contribution >= 4 is 45.2 Å².